The Kier molecular flexibility index (Phi) is 4.99. The van der Waals surface area contributed by atoms with Gasteiger partial charge in [0.15, 0.2) is 0 Å². The molecule has 0 heterocycles. The lowest BCUT2D eigenvalue weighted by Gasteiger charge is -1.87. The molecule has 0 N–H and O–H groups in total. The average molecular weight is 138 g/mol. The van der Waals surface area contributed by atoms with E-state index in [4.69, 9.17) is 0 Å². The summed E-state index contributed by atoms with van der Waals surface area (Å²) >= 11 is 3.96. The normalized spacial score (nSPS) is 14.0. The number of thiol groups is 1. The van der Waals surface area contributed by atoms with Gasteiger partial charge in [-0.3, -0.25) is 4.21 Å². The van der Waals surface area contributed by atoms with Crippen LogP contribution in [0.3, 0.4) is 0 Å². The first-order chi connectivity index (χ1) is 3.27. The monoisotopic (exact) mass is 138 g/mol. The molecule has 0 fully saturated rings. The Hall–Kier alpha value is 0.500. The topological polar surface area (TPSA) is 17.1 Å². The standard InChI is InChI=1S/C4H10OS2/c1-7(5)4-2-3-6/h6H,2-4H2,1H3. The molecule has 1 atom stereocenters. The van der Waals surface area contributed by atoms with Gasteiger partial charge in [-0.05, 0) is 12.2 Å². The van der Waals surface area contributed by atoms with Gasteiger partial charge in [0.1, 0.15) is 0 Å². The summed E-state index contributed by atoms with van der Waals surface area (Å²) in [5.74, 6) is 1.64. The van der Waals surface area contributed by atoms with Crippen LogP contribution in [0.25, 0.3) is 0 Å². The van der Waals surface area contributed by atoms with E-state index in [0.29, 0.717) is 0 Å². The van der Waals surface area contributed by atoms with Crippen LogP contribution >= 0.6 is 12.6 Å². The van der Waals surface area contributed by atoms with Crippen LogP contribution in [0.1, 0.15) is 6.42 Å². The second kappa shape index (κ2) is 4.65. The average Bonchev–Trinajstić information content (AvgIpc) is 1.61. The van der Waals surface area contributed by atoms with E-state index in [1.54, 1.807) is 6.26 Å². The maximum absolute atomic E-state index is 10.3. The van der Waals surface area contributed by atoms with E-state index in [1.165, 1.54) is 0 Å². The Morgan fingerprint density at radius 2 is 2.29 bits per heavy atom. The predicted octanol–water partition coefficient (Wildman–Crippen LogP) is 0.685. The van der Waals surface area contributed by atoms with Crippen LogP contribution in [0.4, 0.5) is 0 Å². The fraction of sp³-hybridized carbons (Fsp3) is 1.00. The maximum atomic E-state index is 10.3. The Bertz CT molecular complexity index is 62.7. The maximum Gasteiger partial charge on any atom is 0.0239 e. The summed E-state index contributed by atoms with van der Waals surface area (Å²) in [7, 11) is -0.614. The van der Waals surface area contributed by atoms with E-state index in [2.05, 4.69) is 12.6 Å². The van der Waals surface area contributed by atoms with Gasteiger partial charge >= 0.3 is 0 Å². The molecule has 0 aromatic carbocycles. The molecule has 0 spiro atoms. The first kappa shape index (κ1) is 7.50. The van der Waals surface area contributed by atoms with Crippen LogP contribution in [-0.2, 0) is 10.8 Å². The summed E-state index contributed by atoms with van der Waals surface area (Å²) in [6.45, 7) is 0. The van der Waals surface area contributed by atoms with Gasteiger partial charge < -0.3 is 0 Å². The lowest BCUT2D eigenvalue weighted by atomic mass is 10.6. The molecule has 0 aromatic heterocycles. The zero-order valence-electron chi connectivity index (χ0n) is 4.39. The number of hydrogen-bond donors (Lipinski definition) is 1. The molecule has 1 unspecified atom stereocenters. The van der Waals surface area contributed by atoms with E-state index < -0.39 is 10.8 Å². The van der Waals surface area contributed by atoms with Crippen molar-refractivity contribution >= 4 is 23.4 Å². The molecular weight excluding hydrogens is 128 g/mol. The Balaban J connectivity index is 2.82. The minimum absolute atomic E-state index is 0.614. The second-order valence-electron chi connectivity index (χ2n) is 1.35. The predicted molar refractivity (Wildman–Crippen MR) is 37.4 cm³/mol. The molecule has 0 aliphatic rings. The lowest BCUT2D eigenvalue weighted by Crippen LogP contribution is -1.93. The van der Waals surface area contributed by atoms with Crippen LogP contribution in [0, 0.1) is 0 Å². The van der Waals surface area contributed by atoms with Crippen molar-refractivity contribution in [1.29, 1.82) is 0 Å². The van der Waals surface area contributed by atoms with E-state index in [0.717, 1.165) is 17.9 Å². The molecule has 0 saturated heterocycles. The van der Waals surface area contributed by atoms with Crippen molar-refractivity contribution in [3.63, 3.8) is 0 Å². The van der Waals surface area contributed by atoms with Gasteiger partial charge in [0, 0.05) is 22.8 Å². The van der Waals surface area contributed by atoms with Gasteiger partial charge in [-0.25, -0.2) is 0 Å². The van der Waals surface area contributed by atoms with Gasteiger partial charge in [-0.1, -0.05) is 0 Å². The van der Waals surface area contributed by atoms with E-state index in [1.807, 2.05) is 0 Å². The number of rotatable bonds is 3. The third kappa shape index (κ3) is 6.50. The molecule has 0 bridgehead atoms. The van der Waals surface area contributed by atoms with Crippen LogP contribution in [0.15, 0.2) is 0 Å². The van der Waals surface area contributed by atoms with Crippen LogP contribution in [-0.4, -0.2) is 22.0 Å². The van der Waals surface area contributed by atoms with Crippen molar-refractivity contribution in [1.82, 2.24) is 0 Å². The summed E-state index contributed by atoms with van der Waals surface area (Å²) in [5.41, 5.74) is 0. The van der Waals surface area contributed by atoms with Crippen LogP contribution in [0.2, 0.25) is 0 Å². The molecule has 0 radical (unpaired) electrons. The van der Waals surface area contributed by atoms with Crippen molar-refractivity contribution < 1.29 is 4.21 Å². The van der Waals surface area contributed by atoms with E-state index >= 15 is 0 Å². The van der Waals surface area contributed by atoms with Crippen molar-refractivity contribution in [3.8, 4) is 0 Å². The summed E-state index contributed by atoms with van der Waals surface area (Å²) in [6, 6.07) is 0. The highest BCUT2D eigenvalue weighted by Crippen LogP contribution is 1.84. The first-order valence-electron chi connectivity index (χ1n) is 2.18. The van der Waals surface area contributed by atoms with Crippen molar-refractivity contribution in [3.05, 3.63) is 0 Å². The van der Waals surface area contributed by atoms with Crippen molar-refractivity contribution in [2.75, 3.05) is 17.8 Å². The molecular formula is C4H10OS2. The van der Waals surface area contributed by atoms with Crippen LogP contribution in [0.5, 0.6) is 0 Å². The van der Waals surface area contributed by atoms with Crippen molar-refractivity contribution in [2.45, 2.75) is 6.42 Å². The molecule has 1 nitrogen and oxygen atoms in total. The van der Waals surface area contributed by atoms with E-state index in [9.17, 15) is 4.21 Å². The fourth-order valence-electron chi connectivity index (χ4n) is 0.268. The molecule has 0 rings (SSSR count). The summed E-state index contributed by atoms with van der Waals surface area (Å²) in [4.78, 5) is 0. The third-order valence-electron chi connectivity index (χ3n) is 0.590. The molecule has 0 saturated carbocycles. The quantitative estimate of drug-likeness (QED) is 0.568. The Labute approximate surface area is 52.4 Å². The summed E-state index contributed by atoms with van der Waals surface area (Å²) < 4.78 is 10.3. The van der Waals surface area contributed by atoms with Crippen molar-refractivity contribution in [2.24, 2.45) is 0 Å². The zero-order valence-corrected chi connectivity index (χ0v) is 6.10. The smallest absolute Gasteiger partial charge is 0.0239 e. The largest absolute Gasteiger partial charge is 0.260 e. The highest BCUT2D eigenvalue weighted by molar-refractivity contribution is 7.84. The lowest BCUT2D eigenvalue weighted by molar-refractivity contribution is 0.685. The van der Waals surface area contributed by atoms with Gasteiger partial charge in [-0.15, -0.1) is 0 Å². The Morgan fingerprint density at radius 3 is 2.43 bits per heavy atom. The molecule has 7 heavy (non-hydrogen) atoms. The summed E-state index contributed by atoms with van der Waals surface area (Å²) in [5, 5.41) is 0. The minimum Gasteiger partial charge on any atom is -0.260 e. The van der Waals surface area contributed by atoms with E-state index in [-0.39, 0.29) is 0 Å². The highest BCUT2D eigenvalue weighted by atomic mass is 32.2. The zero-order chi connectivity index (χ0) is 5.70. The number of hydrogen-bond acceptors (Lipinski definition) is 2. The molecule has 0 aromatic rings. The molecule has 0 aliphatic heterocycles. The third-order valence-corrected chi connectivity index (χ3v) is 1.77. The second-order valence-corrected chi connectivity index (χ2v) is 3.36. The SMILES string of the molecule is CS(=O)CCCS. The van der Waals surface area contributed by atoms with Crippen LogP contribution < -0.4 is 0 Å². The minimum atomic E-state index is -0.614. The molecule has 44 valence electrons. The fourth-order valence-corrected chi connectivity index (χ4v) is 1.19. The van der Waals surface area contributed by atoms with Gasteiger partial charge in [-0.2, -0.15) is 12.6 Å². The van der Waals surface area contributed by atoms with Gasteiger partial charge in [0.2, 0.25) is 0 Å². The molecule has 0 aliphatic carbocycles. The highest BCUT2D eigenvalue weighted by Gasteiger charge is 1.85. The molecule has 0 amide bonds. The molecule has 3 heteroatoms. The van der Waals surface area contributed by atoms with Gasteiger partial charge in [0.25, 0.3) is 0 Å². The summed E-state index contributed by atoms with van der Waals surface area (Å²) in [6.07, 6.45) is 2.68. The van der Waals surface area contributed by atoms with Gasteiger partial charge in [0.05, 0.1) is 0 Å². The Morgan fingerprint density at radius 1 is 1.71 bits per heavy atom. The first-order valence-corrected chi connectivity index (χ1v) is 4.54.